The molecule has 0 aliphatic heterocycles. The SMILES string of the molecule is CC(C)c1nn(C)cc1CNC(C)c1ccc(Cl)cc1Cl. The quantitative estimate of drug-likeness (QED) is 0.863. The smallest absolute Gasteiger partial charge is 0.0694 e. The maximum absolute atomic E-state index is 6.25. The number of rotatable bonds is 5. The molecule has 114 valence electrons. The molecule has 2 rings (SSSR count). The summed E-state index contributed by atoms with van der Waals surface area (Å²) in [7, 11) is 1.95. The van der Waals surface area contributed by atoms with Crippen LogP contribution in [0.2, 0.25) is 10.0 Å². The molecule has 0 saturated heterocycles. The molecule has 1 N–H and O–H groups in total. The Morgan fingerprint density at radius 1 is 1.24 bits per heavy atom. The highest BCUT2D eigenvalue weighted by Crippen LogP contribution is 2.26. The molecule has 5 heteroatoms. The van der Waals surface area contributed by atoms with Crippen molar-refractivity contribution in [3.63, 3.8) is 0 Å². The van der Waals surface area contributed by atoms with Gasteiger partial charge in [-0.15, -0.1) is 0 Å². The second-order valence-corrected chi connectivity index (χ2v) is 6.48. The van der Waals surface area contributed by atoms with Crippen molar-refractivity contribution in [2.75, 3.05) is 0 Å². The van der Waals surface area contributed by atoms with Gasteiger partial charge < -0.3 is 5.32 Å². The normalized spacial score (nSPS) is 12.9. The molecule has 0 bridgehead atoms. The van der Waals surface area contributed by atoms with Crippen LogP contribution in [0.25, 0.3) is 0 Å². The van der Waals surface area contributed by atoms with Crippen LogP contribution in [0, 0.1) is 0 Å². The minimum Gasteiger partial charge on any atom is -0.306 e. The van der Waals surface area contributed by atoms with Crippen molar-refractivity contribution in [2.24, 2.45) is 7.05 Å². The van der Waals surface area contributed by atoms with Crippen molar-refractivity contribution in [3.8, 4) is 0 Å². The minimum atomic E-state index is 0.148. The van der Waals surface area contributed by atoms with E-state index in [2.05, 4.69) is 37.4 Å². The van der Waals surface area contributed by atoms with Crippen LogP contribution in [0.1, 0.15) is 49.6 Å². The Balaban J connectivity index is 2.09. The molecule has 0 saturated carbocycles. The van der Waals surface area contributed by atoms with Gasteiger partial charge in [0.1, 0.15) is 0 Å². The van der Waals surface area contributed by atoms with Gasteiger partial charge in [0, 0.05) is 41.4 Å². The number of aromatic nitrogens is 2. The van der Waals surface area contributed by atoms with E-state index in [0.717, 1.165) is 17.8 Å². The van der Waals surface area contributed by atoms with Crippen LogP contribution >= 0.6 is 23.2 Å². The topological polar surface area (TPSA) is 29.9 Å². The molecule has 0 fully saturated rings. The van der Waals surface area contributed by atoms with Gasteiger partial charge in [-0.25, -0.2) is 0 Å². The Kier molecular flexibility index (Phi) is 5.31. The first-order valence-corrected chi connectivity index (χ1v) is 7.84. The third-order valence-electron chi connectivity index (χ3n) is 3.51. The standard InChI is InChI=1S/C16H21Cl2N3/c1-10(2)16-12(9-21(4)20-16)8-19-11(3)14-6-5-13(17)7-15(14)18/h5-7,9-11,19H,8H2,1-4H3. The summed E-state index contributed by atoms with van der Waals surface area (Å²) >= 11 is 12.2. The first-order valence-electron chi connectivity index (χ1n) is 7.09. The first-order chi connectivity index (χ1) is 9.88. The summed E-state index contributed by atoms with van der Waals surface area (Å²) in [5.41, 5.74) is 3.42. The molecule has 0 aliphatic carbocycles. The zero-order chi connectivity index (χ0) is 15.6. The van der Waals surface area contributed by atoms with E-state index in [1.807, 2.05) is 23.9 Å². The van der Waals surface area contributed by atoms with E-state index in [-0.39, 0.29) is 6.04 Å². The maximum atomic E-state index is 6.25. The molecule has 1 unspecified atom stereocenters. The molecular weight excluding hydrogens is 305 g/mol. The van der Waals surface area contributed by atoms with E-state index in [4.69, 9.17) is 23.2 Å². The van der Waals surface area contributed by atoms with Crippen LogP contribution in [0.3, 0.4) is 0 Å². The van der Waals surface area contributed by atoms with Gasteiger partial charge in [-0.3, -0.25) is 4.68 Å². The van der Waals surface area contributed by atoms with E-state index in [0.29, 0.717) is 16.0 Å². The van der Waals surface area contributed by atoms with Crippen LogP contribution in [-0.2, 0) is 13.6 Å². The van der Waals surface area contributed by atoms with Gasteiger partial charge in [0.15, 0.2) is 0 Å². The van der Waals surface area contributed by atoms with Crippen molar-refractivity contribution in [1.29, 1.82) is 0 Å². The van der Waals surface area contributed by atoms with E-state index >= 15 is 0 Å². The third kappa shape index (κ3) is 4.00. The lowest BCUT2D eigenvalue weighted by Gasteiger charge is -2.16. The molecule has 21 heavy (non-hydrogen) atoms. The number of hydrogen-bond acceptors (Lipinski definition) is 2. The summed E-state index contributed by atoms with van der Waals surface area (Å²) < 4.78 is 1.87. The van der Waals surface area contributed by atoms with Gasteiger partial charge in [-0.2, -0.15) is 5.10 Å². The lowest BCUT2D eigenvalue weighted by molar-refractivity contribution is 0.570. The summed E-state index contributed by atoms with van der Waals surface area (Å²) in [4.78, 5) is 0. The number of hydrogen-bond donors (Lipinski definition) is 1. The molecular formula is C16H21Cl2N3. The van der Waals surface area contributed by atoms with Crippen molar-refractivity contribution >= 4 is 23.2 Å². The Morgan fingerprint density at radius 2 is 1.95 bits per heavy atom. The second-order valence-electron chi connectivity index (χ2n) is 5.64. The fourth-order valence-corrected chi connectivity index (χ4v) is 2.97. The zero-order valence-corrected chi connectivity index (χ0v) is 14.3. The number of aryl methyl sites for hydroxylation is 1. The van der Waals surface area contributed by atoms with E-state index in [9.17, 15) is 0 Å². The van der Waals surface area contributed by atoms with Gasteiger partial charge in [-0.05, 0) is 30.5 Å². The average Bonchev–Trinajstić information content (AvgIpc) is 2.77. The summed E-state index contributed by atoms with van der Waals surface area (Å²) in [6.45, 7) is 7.18. The van der Waals surface area contributed by atoms with Gasteiger partial charge in [0.05, 0.1) is 5.69 Å². The second kappa shape index (κ2) is 6.82. The maximum Gasteiger partial charge on any atom is 0.0694 e. The molecule has 1 aromatic heterocycles. The number of halogens is 2. The fourth-order valence-electron chi connectivity index (χ4n) is 2.40. The molecule has 0 aliphatic rings. The third-order valence-corrected chi connectivity index (χ3v) is 4.07. The van der Waals surface area contributed by atoms with Crippen LogP contribution in [0.5, 0.6) is 0 Å². The first kappa shape index (κ1) is 16.3. The van der Waals surface area contributed by atoms with E-state index in [1.165, 1.54) is 5.56 Å². The van der Waals surface area contributed by atoms with Crippen LogP contribution < -0.4 is 5.32 Å². The minimum absolute atomic E-state index is 0.148. The zero-order valence-electron chi connectivity index (χ0n) is 12.8. The van der Waals surface area contributed by atoms with Crippen LogP contribution in [0.4, 0.5) is 0 Å². The molecule has 1 aromatic carbocycles. The molecule has 2 aromatic rings. The molecule has 0 radical (unpaired) electrons. The Hall–Kier alpha value is -1.03. The van der Waals surface area contributed by atoms with Crippen molar-refractivity contribution in [3.05, 3.63) is 51.3 Å². The van der Waals surface area contributed by atoms with Crippen molar-refractivity contribution < 1.29 is 0 Å². The van der Waals surface area contributed by atoms with Crippen LogP contribution in [-0.4, -0.2) is 9.78 Å². The van der Waals surface area contributed by atoms with Crippen molar-refractivity contribution in [2.45, 2.75) is 39.3 Å². The Bertz CT molecular complexity index is 620. The molecule has 0 amide bonds. The highest BCUT2D eigenvalue weighted by atomic mass is 35.5. The summed E-state index contributed by atoms with van der Waals surface area (Å²) in [6, 6.07) is 5.76. The number of benzene rings is 1. The average molecular weight is 326 g/mol. The van der Waals surface area contributed by atoms with E-state index in [1.54, 1.807) is 6.07 Å². The highest BCUT2D eigenvalue weighted by Gasteiger charge is 2.14. The molecule has 1 heterocycles. The summed E-state index contributed by atoms with van der Waals surface area (Å²) in [5, 5.41) is 9.38. The number of nitrogens with one attached hydrogen (secondary N) is 1. The molecule has 3 nitrogen and oxygen atoms in total. The number of nitrogens with zero attached hydrogens (tertiary/aromatic N) is 2. The lowest BCUT2D eigenvalue weighted by atomic mass is 10.1. The van der Waals surface area contributed by atoms with Gasteiger partial charge in [-0.1, -0.05) is 43.1 Å². The predicted octanol–water partition coefficient (Wildman–Crippen LogP) is 4.70. The molecule has 1 atom stereocenters. The Labute approximate surface area is 136 Å². The molecule has 0 spiro atoms. The fraction of sp³-hybridized carbons (Fsp3) is 0.438. The van der Waals surface area contributed by atoms with Gasteiger partial charge in [0.25, 0.3) is 0 Å². The van der Waals surface area contributed by atoms with Crippen molar-refractivity contribution in [1.82, 2.24) is 15.1 Å². The van der Waals surface area contributed by atoms with Gasteiger partial charge in [0.2, 0.25) is 0 Å². The lowest BCUT2D eigenvalue weighted by Crippen LogP contribution is -2.19. The van der Waals surface area contributed by atoms with E-state index < -0.39 is 0 Å². The predicted molar refractivity (Wildman–Crippen MR) is 89.0 cm³/mol. The monoisotopic (exact) mass is 325 g/mol. The highest BCUT2D eigenvalue weighted by molar-refractivity contribution is 6.35. The largest absolute Gasteiger partial charge is 0.306 e. The summed E-state index contributed by atoms with van der Waals surface area (Å²) in [5.74, 6) is 0.414. The Morgan fingerprint density at radius 3 is 2.57 bits per heavy atom. The van der Waals surface area contributed by atoms with Gasteiger partial charge >= 0.3 is 0 Å². The summed E-state index contributed by atoms with van der Waals surface area (Å²) in [6.07, 6.45) is 2.07. The van der Waals surface area contributed by atoms with Crippen LogP contribution in [0.15, 0.2) is 24.4 Å².